The second-order valence-electron chi connectivity index (χ2n) is 2.72. The van der Waals surface area contributed by atoms with Crippen molar-refractivity contribution in [2.75, 3.05) is 0 Å². The van der Waals surface area contributed by atoms with Gasteiger partial charge in [0.25, 0.3) is 0 Å². The molecule has 0 spiro atoms. The van der Waals surface area contributed by atoms with Crippen LogP contribution in [0.2, 0.25) is 10.0 Å². The van der Waals surface area contributed by atoms with E-state index in [0.29, 0.717) is 10.9 Å². The summed E-state index contributed by atoms with van der Waals surface area (Å²) in [6, 6.07) is 3.15. The fourth-order valence-electron chi connectivity index (χ4n) is 1.29. The Morgan fingerprint density at radius 2 is 2.14 bits per heavy atom. The quantitative estimate of drug-likeness (QED) is 0.604. The SMILES string of the molecule is O=[N+]([O-])c1c(Cl)cc2[nH]ccc2c1Cl. The van der Waals surface area contributed by atoms with E-state index in [1.165, 1.54) is 6.07 Å². The molecule has 4 nitrogen and oxygen atoms in total. The number of nitrogens with zero attached hydrogens (tertiary/aromatic N) is 1. The maximum Gasteiger partial charge on any atom is 0.307 e. The van der Waals surface area contributed by atoms with E-state index in [1.54, 1.807) is 12.3 Å². The van der Waals surface area contributed by atoms with Gasteiger partial charge in [0.15, 0.2) is 0 Å². The van der Waals surface area contributed by atoms with Gasteiger partial charge in [0.1, 0.15) is 10.0 Å². The summed E-state index contributed by atoms with van der Waals surface area (Å²) in [4.78, 5) is 12.9. The van der Waals surface area contributed by atoms with Gasteiger partial charge in [-0.1, -0.05) is 23.2 Å². The summed E-state index contributed by atoms with van der Waals surface area (Å²) in [5, 5.41) is 11.3. The number of nitro benzene ring substituents is 1. The van der Waals surface area contributed by atoms with Crippen LogP contribution in [0, 0.1) is 10.1 Å². The van der Waals surface area contributed by atoms with Gasteiger partial charge in [0, 0.05) is 17.1 Å². The zero-order chi connectivity index (χ0) is 10.3. The standard InChI is InChI=1S/C8H4Cl2N2O2/c9-5-3-6-4(1-2-11-6)7(10)8(5)12(13)14/h1-3,11H. The van der Waals surface area contributed by atoms with Crippen molar-refractivity contribution in [2.24, 2.45) is 0 Å². The summed E-state index contributed by atoms with van der Waals surface area (Å²) in [6.45, 7) is 0. The van der Waals surface area contributed by atoms with Gasteiger partial charge in [-0.15, -0.1) is 0 Å². The maximum absolute atomic E-state index is 10.6. The minimum absolute atomic E-state index is 0.0370. The minimum atomic E-state index is -0.586. The van der Waals surface area contributed by atoms with Gasteiger partial charge in [0.05, 0.1) is 4.92 Å². The number of nitro groups is 1. The number of fused-ring (bicyclic) bond motifs is 1. The predicted molar refractivity (Wildman–Crippen MR) is 55.0 cm³/mol. The number of halogens is 2. The molecule has 0 radical (unpaired) electrons. The molecule has 6 heteroatoms. The first-order chi connectivity index (χ1) is 6.61. The average molecular weight is 231 g/mol. The van der Waals surface area contributed by atoms with E-state index in [-0.39, 0.29) is 15.7 Å². The smallest absolute Gasteiger partial charge is 0.307 e. The van der Waals surface area contributed by atoms with Crippen LogP contribution in [-0.4, -0.2) is 9.91 Å². The van der Waals surface area contributed by atoms with Crippen molar-refractivity contribution in [3.05, 3.63) is 38.5 Å². The third-order valence-electron chi connectivity index (χ3n) is 1.90. The van der Waals surface area contributed by atoms with Crippen molar-refractivity contribution in [1.82, 2.24) is 4.98 Å². The average Bonchev–Trinajstić information content (AvgIpc) is 2.50. The number of benzene rings is 1. The molecule has 0 aliphatic heterocycles. The molecule has 2 rings (SSSR count). The summed E-state index contributed by atoms with van der Waals surface area (Å²) in [6.07, 6.45) is 1.65. The molecule has 14 heavy (non-hydrogen) atoms. The molecule has 1 heterocycles. The molecular weight excluding hydrogens is 227 g/mol. The van der Waals surface area contributed by atoms with Crippen LogP contribution in [0.25, 0.3) is 10.9 Å². The molecule has 0 unspecified atom stereocenters. The predicted octanol–water partition coefficient (Wildman–Crippen LogP) is 3.38. The first-order valence-corrected chi connectivity index (χ1v) is 4.46. The molecular formula is C8H4Cl2N2O2. The summed E-state index contributed by atoms with van der Waals surface area (Å²) in [7, 11) is 0. The normalized spacial score (nSPS) is 10.7. The molecule has 2 aromatic rings. The van der Waals surface area contributed by atoms with Crippen LogP contribution < -0.4 is 0 Å². The summed E-state index contributed by atoms with van der Waals surface area (Å²) in [5.74, 6) is 0. The van der Waals surface area contributed by atoms with Gasteiger partial charge < -0.3 is 4.98 Å². The van der Waals surface area contributed by atoms with Gasteiger partial charge >= 0.3 is 5.69 Å². The van der Waals surface area contributed by atoms with Crippen LogP contribution in [-0.2, 0) is 0 Å². The second-order valence-corrected chi connectivity index (χ2v) is 3.50. The fraction of sp³-hybridized carbons (Fsp3) is 0. The molecule has 0 amide bonds. The van der Waals surface area contributed by atoms with E-state index in [9.17, 15) is 10.1 Å². The lowest BCUT2D eigenvalue weighted by molar-refractivity contribution is -0.384. The second kappa shape index (κ2) is 3.15. The molecule has 0 saturated heterocycles. The molecule has 72 valence electrons. The largest absolute Gasteiger partial charge is 0.361 e. The molecule has 1 aromatic heterocycles. The number of hydrogen-bond donors (Lipinski definition) is 1. The highest BCUT2D eigenvalue weighted by Crippen LogP contribution is 2.38. The number of hydrogen-bond acceptors (Lipinski definition) is 2. The zero-order valence-corrected chi connectivity index (χ0v) is 8.26. The Morgan fingerprint density at radius 3 is 2.79 bits per heavy atom. The van der Waals surface area contributed by atoms with Gasteiger partial charge in [-0.25, -0.2) is 0 Å². The Kier molecular flexibility index (Phi) is 2.09. The van der Waals surface area contributed by atoms with Crippen molar-refractivity contribution in [3.8, 4) is 0 Å². The Balaban J connectivity index is 2.89. The Hall–Kier alpha value is -1.26. The number of aromatic amines is 1. The molecule has 0 aliphatic carbocycles. The van der Waals surface area contributed by atoms with Crippen LogP contribution in [0.4, 0.5) is 5.69 Å². The van der Waals surface area contributed by atoms with Gasteiger partial charge in [0.2, 0.25) is 0 Å². The van der Waals surface area contributed by atoms with Crippen LogP contribution >= 0.6 is 23.2 Å². The van der Waals surface area contributed by atoms with Crippen LogP contribution in [0.1, 0.15) is 0 Å². The van der Waals surface area contributed by atoms with E-state index < -0.39 is 4.92 Å². The molecule has 0 saturated carbocycles. The molecule has 1 N–H and O–H groups in total. The maximum atomic E-state index is 10.6. The van der Waals surface area contributed by atoms with Crippen molar-refractivity contribution >= 4 is 39.8 Å². The van der Waals surface area contributed by atoms with Crippen LogP contribution in [0.5, 0.6) is 0 Å². The molecule has 1 aromatic carbocycles. The topological polar surface area (TPSA) is 58.9 Å². The van der Waals surface area contributed by atoms with E-state index in [2.05, 4.69) is 4.98 Å². The Bertz CT molecular complexity index is 521. The first kappa shape index (κ1) is 9.30. The Morgan fingerprint density at radius 1 is 1.43 bits per heavy atom. The third kappa shape index (κ3) is 1.23. The minimum Gasteiger partial charge on any atom is -0.361 e. The molecule has 0 atom stereocenters. The van der Waals surface area contributed by atoms with Gasteiger partial charge in [-0.2, -0.15) is 0 Å². The molecule has 0 bridgehead atoms. The van der Waals surface area contributed by atoms with Crippen molar-refractivity contribution in [3.63, 3.8) is 0 Å². The highest BCUT2D eigenvalue weighted by atomic mass is 35.5. The van der Waals surface area contributed by atoms with Crippen molar-refractivity contribution in [1.29, 1.82) is 0 Å². The molecule has 0 aliphatic rings. The fourth-order valence-corrected chi connectivity index (χ4v) is 1.94. The lowest BCUT2D eigenvalue weighted by atomic mass is 10.2. The number of aromatic nitrogens is 1. The third-order valence-corrected chi connectivity index (χ3v) is 2.57. The zero-order valence-electron chi connectivity index (χ0n) is 6.75. The number of rotatable bonds is 1. The van der Waals surface area contributed by atoms with E-state index in [4.69, 9.17) is 23.2 Å². The first-order valence-electron chi connectivity index (χ1n) is 3.70. The highest BCUT2D eigenvalue weighted by Gasteiger charge is 2.20. The highest BCUT2D eigenvalue weighted by molar-refractivity contribution is 6.42. The van der Waals surface area contributed by atoms with E-state index in [1.807, 2.05) is 0 Å². The lowest BCUT2D eigenvalue weighted by Crippen LogP contribution is -1.90. The van der Waals surface area contributed by atoms with Crippen molar-refractivity contribution < 1.29 is 4.92 Å². The summed E-state index contributed by atoms with van der Waals surface area (Å²) in [5.41, 5.74) is 0.436. The van der Waals surface area contributed by atoms with Gasteiger partial charge in [-0.05, 0) is 12.1 Å². The summed E-state index contributed by atoms with van der Waals surface area (Å²) >= 11 is 11.6. The van der Waals surface area contributed by atoms with E-state index >= 15 is 0 Å². The summed E-state index contributed by atoms with van der Waals surface area (Å²) < 4.78 is 0. The Labute approximate surface area is 88.6 Å². The monoisotopic (exact) mass is 230 g/mol. The van der Waals surface area contributed by atoms with Gasteiger partial charge in [-0.3, -0.25) is 10.1 Å². The number of nitrogens with one attached hydrogen (secondary N) is 1. The van der Waals surface area contributed by atoms with Crippen molar-refractivity contribution in [2.45, 2.75) is 0 Å². The van der Waals surface area contributed by atoms with Crippen LogP contribution in [0.15, 0.2) is 18.3 Å². The molecule has 0 fully saturated rings. The number of H-pyrrole nitrogens is 1. The lowest BCUT2D eigenvalue weighted by Gasteiger charge is -1.99. The van der Waals surface area contributed by atoms with E-state index in [0.717, 1.165) is 0 Å². The van der Waals surface area contributed by atoms with Crippen LogP contribution in [0.3, 0.4) is 0 Å².